The van der Waals surface area contributed by atoms with Gasteiger partial charge in [-0.15, -0.1) is 0 Å². The van der Waals surface area contributed by atoms with Crippen molar-refractivity contribution in [1.29, 1.82) is 0 Å². The van der Waals surface area contributed by atoms with Gasteiger partial charge in [-0.1, -0.05) is 0 Å². The fraction of sp³-hybridized carbons (Fsp3) is 0.538. The summed E-state index contributed by atoms with van der Waals surface area (Å²) >= 11 is 0. The van der Waals surface area contributed by atoms with E-state index in [1.165, 1.54) is 13.3 Å². The van der Waals surface area contributed by atoms with Crippen molar-refractivity contribution in [2.45, 2.75) is 0 Å². The molecule has 0 amide bonds. The highest BCUT2D eigenvalue weighted by molar-refractivity contribution is 5.90. The van der Waals surface area contributed by atoms with Crippen molar-refractivity contribution in [3.63, 3.8) is 0 Å². The first kappa shape index (κ1) is 16.1. The van der Waals surface area contributed by atoms with Gasteiger partial charge in [-0.2, -0.15) is 0 Å². The maximum Gasteiger partial charge on any atom is 0.339 e. The van der Waals surface area contributed by atoms with Crippen LogP contribution in [0.15, 0.2) is 12.3 Å². The maximum atomic E-state index is 11.4. The molecule has 9 nitrogen and oxygen atoms in total. The first-order valence-electron chi connectivity index (χ1n) is 6.88. The van der Waals surface area contributed by atoms with Crippen LogP contribution in [-0.2, 0) is 9.47 Å². The number of hydrogen-bond acceptors (Lipinski definition) is 8. The Bertz CT molecular complexity index is 545. The van der Waals surface area contributed by atoms with Gasteiger partial charge in [-0.3, -0.25) is 15.0 Å². The molecule has 0 radical (unpaired) electrons. The van der Waals surface area contributed by atoms with Crippen LogP contribution in [0.1, 0.15) is 10.4 Å². The summed E-state index contributed by atoms with van der Waals surface area (Å²) in [6.07, 6.45) is 1.26. The van der Waals surface area contributed by atoms with Crippen LogP contribution in [0, 0.1) is 10.1 Å². The molecule has 2 heterocycles. The molecule has 0 unspecified atom stereocenters. The van der Waals surface area contributed by atoms with Crippen molar-refractivity contribution in [2.75, 3.05) is 51.8 Å². The van der Waals surface area contributed by atoms with Gasteiger partial charge in [0.25, 0.3) is 0 Å². The lowest BCUT2D eigenvalue weighted by Gasteiger charge is -2.26. The number of nitrogens with zero attached hydrogens (tertiary/aromatic N) is 3. The summed E-state index contributed by atoms with van der Waals surface area (Å²) < 4.78 is 9.78. The quantitative estimate of drug-likeness (QED) is 0.460. The Morgan fingerprint density at radius 1 is 1.55 bits per heavy atom. The number of nitrogens with one attached hydrogen (secondary N) is 1. The Hall–Kier alpha value is -2.26. The molecular weight excluding hydrogens is 292 g/mol. The summed E-state index contributed by atoms with van der Waals surface area (Å²) in [6.45, 7) is 4.35. The van der Waals surface area contributed by atoms with Crippen LogP contribution >= 0.6 is 0 Å². The highest BCUT2D eigenvalue weighted by Crippen LogP contribution is 2.22. The molecule has 0 atom stereocenters. The van der Waals surface area contributed by atoms with Crippen LogP contribution < -0.4 is 5.32 Å². The first-order chi connectivity index (χ1) is 10.6. The number of anilines is 1. The minimum Gasteiger partial charge on any atom is -0.465 e. The Kier molecular flexibility index (Phi) is 5.61. The van der Waals surface area contributed by atoms with E-state index >= 15 is 0 Å². The van der Waals surface area contributed by atoms with E-state index in [0.717, 1.165) is 25.7 Å². The number of rotatable bonds is 6. The second-order valence-electron chi connectivity index (χ2n) is 4.72. The van der Waals surface area contributed by atoms with Gasteiger partial charge in [-0.25, -0.2) is 9.78 Å². The van der Waals surface area contributed by atoms with E-state index in [9.17, 15) is 14.9 Å². The fourth-order valence-electron chi connectivity index (χ4n) is 2.12. The Balaban J connectivity index is 1.99. The molecule has 1 aliphatic rings. The summed E-state index contributed by atoms with van der Waals surface area (Å²) in [4.78, 5) is 28.1. The van der Waals surface area contributed by atoms with Crippen molar-refractivity contribution in [2.24, 2.45) is 0 Å². The van der Waals surface area contributed by atoms with Crippen LogP contribution in [0.3, 0.4) is 0 Å². The van der Waals surface area contributed by atoms with Crippen molar-refractivity contribution < 1.29 is 19.2 Å². The minimum absolute atomic E-state index is 0.0490. The second-order valence-corrected chi connectivity index (χ2v) is 4.72. The smallest absolute Gasteiger partial charge is 0.339 e. The van der Waals surface area contributed by atoms with Crippen LogP contribution in [0.5, 0.6) is 0 Å². The number of pyridine rings is 1. The van der Waals surface area contributed by atoms with Crippen molar-refractivity contribution >= 4 is 17.5 Å². The molecule has 1 fully saturated rings. The molecule has 2 rings (SSSR count). The predicted octanol–water partition coefficient (Wildman–Crippen LogP) is 0.520. The lowest BCUT2D eigenvalue weighted by atomic mass is 10.2. The zero-order chi connectivity index (χ0) is 15.9. The van der Waals surface area contributed by atoms with Gasteiger partial charge in [0.1, 0.15) is 0 Å². The molecule has 1 saturated heterocycles. The summed E-state index contributed by atoms with van der Waals surface area (Å²) in [6, 6.07) is 1.16. The van der Waals surface area contributed by atoms with Gasteiger partial charge >= 0.3 is 11.7 Å². The molecule has 1 aliphatic heterocycles. The first-order valence-corrected chi connectivity index (χ1v) is 6.88. The molecule has 1 N–H and O–H groups in total. The van der Waals surface area contributed by atoms with Crippen LogP contribution in [0.2, 0.25) is 0 Å². The van der Waals surface area contributed by atoms with E-state index in [2.05, 4.69) is 19.9 Å². The lowest BCUT2D eigenvalue weighted by molar-refractivity contribution is -0.384. The monoisotopic (exact) mass is 310 g/mol. The van der Waals surface area contributed by atoms with E-state index in [0.29, 0.717) is 19.8 Å². The molecule has 0 spiro atoms. The van der Waals surface area contributed by atoms with E-state index < -0.39 is 10.9 Å². The van der Waals surface area contributed by atoms with Crippen LogP contribution in [0.25, 0.3) is 0 Å². The number of aromatic nitrogens is 1. The molecule has 22 heavy (non-hydrogen) atoms. The topological polar surface area (TPSA) is 107 Å². The summed E-state index contributed by atoms with van der Waals surface area (Å²) in [7, 11) is 1.21. The molecule has 120 valence electrons. The number of morpholine rings is 1. The van der Waals surface area contributed by atoms with Crippen molar-refractivity contribution in [1.82, 2.24) is 9.88 Å². The molecule has 9 heteroatoms. The minimum atomic E-state index is -0.657. The number of ether oxygens (including phenoxy) is 2. The third kappa shape index (κ3) is 4.12. The molecule has 0 aliphatic carbocycles. The molecular formula is C13H18N4O5. The summed E-state index contributed by atoms with van der Waals surface area (Å²) in [5.74, 6) is -0.513. The van der Waals surface area contributed by atoms with Gasteiger partial charge < -0.3 is 14.8 Å². The molecule has 0 aromatic carbocycles. The number of carbonyl (C=O) groups is 1. The average molecular weight is 310 g/mol. The van der Waals surface area contributed by atoms with E-state index in [4.69, 9.17) is 4.74 Å². The summed E-state index contributed by atoms with van der Waals surface area (Å²) in [5.41, 5.74) is -0.196. The van der Waals surface area contributed by atoms with Gasteiger partial charge in [0.05, 0.1) is 30.8 Å². The van der Waals surface area contributed by atoms with E-state index in [1.54, 1.807) is 0 Å². The average Bonchev–Trinajstić information content (AvgIpc) is 2.55. The third-order valence-corrected chi connectivity index (χ3v) is 3.31. The third-order valence-electron chi connectivity index (χ3n) is 3.31. The highest BCUT2D eigenvalue weighted by atomic mass is 16.6. The van der Waals surface area contributed by atoms with E-state index in [-0.39, 0.29) is 17.1 Å². The number of esters is 1. The zero-order valence-corrected chi connectivity index (χ0v) is 12.3. The van der Waals surface area contributed by atoms with Crippen molar-refractivity contribution in [3.8, 4) is 0 Å². The molecule has 1 aromatic heterocycles. The Morgan fingerprint density at radius 2 is 2.27 bits per heavy atom. The standard InChI is InChI=1S/C13H18N4O5/c1-21-13(18)10-8-11(17(19)20)12(15-9-10)14-2-3-16-4-6-22-7-5-16/h8-9H,2-7H2,1H3,(H,14,15). The normalized spacial score (nSPS) is 15.3. The fourth-order valence-corrected chi connectivity index (χ4v) is 2.12. The Morgan fingerprint density at radius 3 is 2.91 bits per heavy atom. The second kappa shape index (κ2) is 7.66. The molecule has 0 bridgehead atoms. The van der Waals surface area contributed by atoms with Gasteiger partial charge in [-0.05, 0) is 0 Å². The number of nitro groups is 1. The molecule has 0 saturated carbocycles. The predicted molar refractivity (Wildman–Crippen MR) is 78.0 cm³/mol. The van der Waals surface area contributed by atoms with E-state index in [1.807, 2.05) is 0 Å². The highest BCUT2D eigenvalue weighted by Gasteiger charge is 2.19. The van der Waals surface area contributed by atoms with Gasteiger partial charge in [0.2, 0.25) is 5.82 Å². The van der Waals surface area contributed by atoms with Crippen LogP contribution in [0.4, 0.5) is 11.5 Å². The van der Waals surface area contributed by atoms with Gasteiger partial charge in [0.15, 0.2) is 0 Å². The maximum absolute atomic E-state index is 11.4. The summed E-state index contributed by atoms with van der Waals surface area (Å²) in [5, 5.41) is 14.0. The van der Waals surface area contributed by atoms with Crippen molar-refractivity contribution in [3.05, 3.63) is 27.9 Å². The molecule has 1 aromatic rings. The Labute approximate surface area is 127 Å². The number of hydrogen-bond donors (Lipinski definition) is 1. The lowest BCUT2D eigenvalue weighted by Crippen LogP contribution is -2.39. The number of methoxy groups -OCH3 is 1. The van der Waals surface area contributed by atoms with Gasteiger partial charge in [0, 0.05) is 38.4 Å². The zero-order valence-electron chi connectivity index (χ0n) is 12.3. The number of carbonyl (C=O) groups excluding carboxylic acids is 1. The SMILES string of the molecule is COC(=O)c1cnc(NCCN2CCOCC2)c([N+](=O)[O-])c1. The van der Waals surface area contributed by atoms with Crippen LogP contribution in [-0.4, -0.2) is 67.3 Å². The largest absolute Gasteiger partial charge is 0.465 e.